The third-order valence-corrected chi connectivity index (χ3v) is 7.76. The molecule has 5 atom stereocenters. The van der Waals surface area contributed by atoms with Crippen LogP contribution in [0.3, 0.4) is 0 Å². The molecule has 1 aliphatic heterocycles. The van der Waals surface area contributed by atoms with Gasteiger partial charge in [0.1, 0.15) is 30.7 Å². The number of hydrogen-bond donors (Lipinski definition) is 1. The average Bonchev–Trinajstić information content (AvgIpc) is 2.95. The van der Waals surface area contributed by atoms with Crippen molar-refractivity contribution in [1.82, 2.24) is 0 Å². The minimum atomic E-state index is -1.45. The van der Waals surface area contributed by atoms with Gasteiger partial charge in [-0.15, -0.1) is 0 Å². The molecule has 1 N–H and O–H groups in total. The Hall–Kier alpha value is -3.14. The van der Waals surface area contributed by atoms with Crippen molar-refractivity contribution in [1.29, 1.82) is 0 Å². The van der Waals surface area contributed by atoms with Crippen molar-refractivity contribution in [3.8, 4) is 5.75 Å². The molecule has 46 heavy (non-hydrogen) atoms. The van der Waals surface area contributed by atoms with Crippen LogP contribution in [0.2, 0.25) is 5.02 Å². The Morgan fingerprint density at radius 2 is 1.35 bits per heavy atom. The SMILES string of the molecule is CCOc1ccc(Cc2cc([C@H]3O[C@H](COC(=O)C(C)(C)C)[C@@H](OC(=O)C(C)(C)C)[C@H](OC(=O)C(C)(C)C)[C@H]3O)ccc2Cl)cc1. The van der Waals surface area contributed by atoms with Gasteiger partial charge in [0.15, 0.2) is 12.2 Å². The highest BCUT2D eigenvalue weighted by Crippen LogP contribution is 2.39. The highest BCUT2D eigenvalue weighted by atomic mass is 35.5. The first kappa shape index (κ1) is 37.3. The summed E-state index contributed by atoms with van der Waals surface area (Å²) in [5.74, 6) is -0.931. The molecule has 10 heteroatoms. The van der Waals surface area contributed by atoms with Crippen LogP contribution in [0, 0.1) is 16.2 Å². The van der Waals surface area contributed by atoms with Crippen molar-refractivity contribution in [3.63, 3.8) is 0 Å². The van der Waals surface area contributed by atoms with E-state index in [-0.39, 0.29) is 6.61 Å². The molecule has 0 bridgehead atoms. The fraction of sp³-hybridized carbons (Fsp3) is 0.583. The van der Waals surface area contributed by atoms with Gasteiger partial charge in [-0.1, -0.05) is 35.9 Å². The summed E-state index contributed by atoms with van der Waals surface area (Å²) in [6, 6.07) is 13.0. The van der Waals surface area contributed by atoms with E-state index in [1.807, 2.05) is 37.3 Å². The van der Waals surface area contributed by atoms with Crippen LogP contribution in [0.5, 0.6) is 5.75 Å². The zero-order chi connectivity index (χ0) is 34.6. The molecular formula is C36H49ClO9. The second-order valence-electron chi connectivity index (χ2n) is 14.8. The molecule has 0 unspecified atom stereocenters. The highest BCUT2D eigenvalue weighted by molar-refractivity contribution is 6.31. The summed E-state index contributed by atoms with van der Waals surface area (Å²) in [4.78, 5) is 39.1. The van der Waals surface area contributed by atoms with Crippen LogP contribution in [0.15, 0.2) is 42.5 Å². The van der Waals surface area contributed by atoms with Crippen LogP contribution in [0.4, 0.5) is 0 Å². The second kappa shape index (κ2) is 14.7. The maximum Gasteiger partial charge on any atom is 0.311 e. The molecule has 1 saturated heterocycles. The molecule has 1 aliphatic rings. The van der Waals surface area contributed by atoms with Crippen LogP contribution in [0.25, 0.3) is 0 Å². The number of carbonyl (C=O) groups is 3. The zero-order valence-corrected chi connectivity index (χ0v) is 29.4. The Bertz CT molecular complexity index is 1370. The van der Waals surface area contributed by atoms with E-state index in [1.165, 1.54) is 0 Å². The van der Waals surface area contributed by atoms with Gasteiger partial charge in [0, 0.05) is 5.02 Å². The Morgan fingerprint density at radius 3 is 1.87 bits per heavy atom. The summed E-state index contributed by atoms with van der Waals surface area (Å²) < 4.78 is 29.4. The van der Waals surface area contributed by atoms with Gasteiger partial charge in [-0.2, -0.15) is 0 Å². The van der Waals surface area contributed by atoms with Gasteiger partial charge in [-0.05, 0) is 111 Å². The van der Waals surface area contributed by atoms with Gasteiger partial charge in [-0.25, -0.2) is 0 Å². The molecule has 2 aromatic carbocycles. The van der Waals surface area contributed by atoms with E-state index in [1.54, 1.807) is 74.4 Å². The minimum Gasteiger partial charge on any atom is -0.494 e. The molecule has 2 aromatic rings. The number of halogens is 1. The molecule has 0 amide bonds. The lowest BCUT2D eigenvalue weighted by atomic mass is 9.88. The van der Waals surface area contributed by atoms with Gasteiger partial charge >= 0.3 is 17.9 Å². The van der Waals surface area contributed by atoms with Crippen LogP contribution >= 0.6 is 11.6 Å². The third-order valence-electron chi connectivity index (χ3n) is 7.39. The van der Waals surface area contributed by atoms with Crippen molar-refractivity contribution in [2.75, 3.05) is 13.2 Å². The standard InChI is InChI=1S/C36H49ClO9/c1-11-42-24-15-12-21(13-16-24)18-23-19-22(14-17-25(23)37)28-27(38)30(46-33(41)36(8,9)10)29(45-32(40)35(5,6)7)26(44-28)20-43-31(39)34(2,3)4/h12-17,19,26-30,38H,11,18,20H2,1-10H3/t26-,27+,28-,29-,30-/m1/s1. The Morgan fingerprint density at radius 1 is 0.804 bits per heavy atom. The molecule has 1 heterocycles. The van der Waals surface area contributed by atoms with Gasteiger partial charge in [0.2, 0.25) is 0 Å². The van der Waals surface area contributed by atoms with Crippen LogP contribution < -0.4 is 4.74 Å². The quantitative estimate of drug-likeness (QED) is 0.233. The van der Waals surface area contributed by atoms with Crippen molar-refractivity contribution in [2.45, 2.75) is 106 Å². The molecule has 0 aliphatic carbocycles. The van der Waals surface area contributed by atoms with E-state index >= 15 is 0 Å². The Balaban J connectivity index is 2.04. The molecule has 1 fully saturated rings. The summed E-state index contributed by atoms with van der Waals surface area (Å²) >= 11 is 6.62. The van der Waals surface area contributed by atoms with Gasteiger partial charge in [0.25, 0.3) is 0 Å². The average molecular weight is 661 g/mol. The van der Waals surface area contributed by atoms with Gasteiger partial charge in [0.05, 0.1) is 22.9 Å². The summed E-state index contributed by atoms with van der Waals surface area (Å²) in [5.41, 5.74) is -0.327. The van der Waals surface area contributed by atoms with Crippen molar-refractivity contribution < 1.29 is 43.2 Å². The molecule has 0 radical (unpaired) electrons. The lowest BCUT2D eigenvalue weighted by molar-refractivity contribution is -0.255. The number of ether oxygens (including phenoxy) is 5. The van der Waals surface area contributed by atoms with Crippen LogP contribution in [0.1, 0.15) is 92.0 Å². The Kier molecular flexibility index (Phi) is 12.0. The first-order valence-corrected chi connectivity index (χ1v) is 16.0. The number of benzene rings is 2. The fourth-order valence-corrected chi connectivity index (χ4v) is 4.77. The van der Waals surface area contributed by atoms with E-state index in [2.05, 4.69) is 0 Å². The smallest absolute Gasteiger partial charge is 0.311 e. The number of esters is 3. The zero-order valence-electron chi connectivity index (χ0n) is 28.6. The predicted octanol–water partition coefficient (Wildman–Crippen LogP) is 6.64. The third kappa shape index (κ3) is 9.69. The normalized spacial score (nSPS) is 22.1. The van der Waals surface area contributed by atoms with Crippen molar-refractivity contribution in [2.24, 2.45) is 16.2 Å². The lowest BCUT2D eigenvalue weighted by Gasteiger charge is -2.45. The summed E-state index contributed by atoms with van der Waals surface area (Å²) in [6.07, 6.45) is -5.68. The summed E-state index contributed by atoms with van der Waals surface area (Å²) in [5, 5.41) is 12.3. The maximum atomic E-state index is 13.2. The molecule has 254 valence electrons. The first-order chi connectivity index (χ1) is 21.2. The van der Waals surface area contributed by atoms with E-state index in [0.717, 1.165) is 16.9 Å². The molecule has 9 nitrogen and oxygen atoms in total. The van der Waals surface area contributed by atoms with E-state index in [9.17, 15) is 19.5 Å². The fourth-order valence-electron chi connectivity index (χ4n) is 4.59. The van der Waals surface area contributed by atoms with E-state index < -0.39 is 64.7 Å². The number of carbonyl (C=O) groups excluding carboxylic acids is 3. The summed E-state index contributed by atoms with van der Waals surface area (Å²) in [7, 11) is 0. The van der Waals surface area contributed by atoms with Crippen molar-refractivity contribution >= 4 is 29.5 Å². The minimum absolute atomic E-state index is 0.308. The monoisotopic (exact) mass is 660 g/mol. The molecule has 0 spiro atoms. The Labute approximate surface area is 277 Å². The highest BCUT2D eigenvalue weighted by Gasteiger charge is 2.52. The van der Waals surface area contributed by atoms with Gasteiger partial charge in [-0.3, -0.25) is 14.4 Å². The van der Waals surface area contributed by atoms with E-state index in [4.69, 9.17) is 35.3 Å². The number of aliphatic hydroxyl groups is 1. The van der Waals surface area contributed by atoms with E-state index in [0.29, 0.717) is 23.6 Å². The number of aliphatic hydroxyl groups excluding tert-OH is 1. The van der Waals surface area contributed by atoms with Gasteiger partial charge < -0.3 is 28.8 Å². The largest absolute Gasteiger partial charge is 0.494 e. The lowest BCUT2D eigenvalue weighted by Crippen LogP contribution is -2.59. The summed E-state index contributed by atoms with van der Waals surface area (Å²) in [6.45, 7) is 17.4. The molecule has 0 saturated carbocycles. The first-order valence-electron chi connectivity index (χ1n) is 15.7. The predicted molar refractivity (Wildman–Crippen MR) is 175 cm³/mol. The van der Waals surface area contributed by atoms with Crippen LogP contribution in [-0.4, -0.2) is 60.6 Å². The molecule has 3 rings (SSSR count). The molecular weight excluding hydrogens is 612 g/mol. The molecule has 0 aromatic heterocycles. The van der Waals surface area contributed by atoms with Crippen molar-refractivity contribution in [3.05, 3.63) is 64.2 Å². The topological polar surface area (TPSA) is 118 Å². The second-order valence-corrected chi connectivity index (χ2v) is 15.2. The number of hydrogen-bond acceptors (Lipinski definition) is 9. The number of rotatable bonds is 9. The maximum absolute atomic E-state index is 13.2. The van der Waals surface area contributed by atoms with Crippen LogP contribution in [-0.2, 0) is 39.8 Å².